The lowest BCUT2D eigenvalue weighted by Gasteiger charge is -2.38. The van der Waals surface area contributed by atoms with Gasteiger partial charge in [0, 0.05) is 38.6 Å². The van der Waals surface area contributed by atoms with Gasteiger partial charge in [0.05, 0.1) is 6.07 Å². The van der Waals surface area contributed by atoms with Gasteiger partial charge in [0.2, 0.25) is 0 Å². The van der Waals surface area contributed by atoms with Gasteiger partial charge in [-0.2, -0.15) is 5.26 Å². The number of nitrogens with zero attached hydrogens (tertiary/aromatic N) is 3. The predicted octanol–water partition coefficient (Wildman–Crippen LogP) is 0.926. The largest absolute Gasteiger partial charge is 0.301 e. The lowest BCUT2D eigenvalue weighted by atomic mass is 10.1. The fourth-order valence-electron chi connectivity index (χ4n) is 1.86. The Balaban J connectivity index is 2.32. The molecule has 0 bridgehead atoms. The zero-order valence-electron chi connectivity index (χ0n) is 8.66. The molecule has 1 heterocycles. The first-order chi connectivity index (χ1) is 6.27. The molecule has 0 aliphatic carbocycles. The highest BCUT2D eigenvalue weighted by molar-refractivity contribution is 4.81. The molecule has 0 aromatic rings. The maximum Gasteiger partial charge on any atom is 0.0635 e. The monoisotopic (exact) mass is 181 g/mol. The van der Waals surface area contributed by atoms with Crippen LogP contribution in [0.1, 0.15) is 19.8 Å². The molecule has 74 valence electrons. The van der Waals surface area contributed by atoms with Gasteiger partial charge in [-0.25, -0.2) is 0 Å². The van der Waals surface area contributed by atoms with Crippen LogP contribution in [-0.4, -0.2) is 49.1 Å². The lowest BCUT2D eigenvalue weighted by Crippen LogP contribution is -2.51. The van der Waals surface area contributed by atoms with Crippen LogP contribution in [-0.2, 0) is 0 Å². The van der Waals surface area contributed by atoms with Gasteiger partial charge in [0.1, 0.15) is 0 Å². The van der Waals surface area contributed by atoms with E-state index in [-0.39, 0.29) is 0 Å². The first-order valence-electron chi connectivity index (χ1n) is 5.07. The molecule has 0 radical (unpaired) electrons. The van der Waals surface area contributed by atoms with E-state index in [0.717, 1.165) is 26.2 Å². The second kappa shape index (κ2) is 5.21. The molecule has 0 amide bonds. The van der Waals surface area contributed by atoms with Crippen LogP contribution in [0.2, 0.25) is 0 Å². The highest BCUT2D eigenvalue weighted by atomic mass is 15.3. The molecule has 0 N–H and O–H groups in total. The quantitative estimate of drug-likeness (QED) is 0.649. The fourth-order valence-corrected chi connectivity index (χ4v) is 1.86. The minimum absolute atomic E-state index is 0.667. The van der Waals surface area contributed by atoms with E-state index in [2.05, 4.69) is 29.8 Å². The maximum atomic E-state index is 8.48. The third kappa shape index (κ3) is 2.98. The molecular formula is C10H19N3. The van der Waals surface area contributed by atoms with Crippen molar-refractivity contribution in [3.05, 3.63) is 0 Å². The van der Waals surface area contributed by atoms with Crippen LogP contribution in [0.3, 0.4) is 0 Å². The average Bonchev–Trinajstić information content (AvgIpc) is 2.16. The average molecular weight is 181 g/mol. The first-order valence-corrected chi connectivity index (χ1v) is 5.07. The predicted molar refractivity (Wildman–Crippen MR) is 53.4 cm³/mol. The molecule has 1 aliphatic rings. The standard InChI is InChI=1S/C10H19N3/c1-3-10-9-13(6-4-5-11)8-7-12(10)2/h10H,3-4,6-9H2,1-2H3. The molecule has 1 unspecified atom stereocenters. The molecule has 13 heavy (non-hydrogen) atoms. The third-order valence-corrected chi connectivity index (χ3v) is 2.87. The Morgan fingerprint density at radius 2 is 2.23 bits per heavy atom. The van der Waals surface area contributed by atoms with Gasteiger partial charge in [-0.05, 0) is 13.5 Å². The zero-order chi connectivity index (χ0) is 9.68. The van der Waals surface area contributed by atoms with E-state index in [1.54, 1.807) is 0 Å². The summed E-state index contributed by atoms with van der Waals surface area (Å²) in [4.78, 5) is 4.82. The Labute approximate surface area is 80.9 Å². The number of nitriles is 1. The summed E-state index contributed by atoms with van der Waals surface area (Å²) < 4.78 is 0. The summed E-state index contributed by atoms with van der Waals surface area (Å²) in [5.41, 5.74) is 0. The molecule has 1 rings (SSSR count). The molecule has 3 heteroatoms. The molecule has 0 aromatic carbocycles. The summed E-state index contributed by atoms with van der Waals surface area (Å²) >= 11 is 0. The molecule has 1 aliphatic heterocycles. The van der Waals surface area contributed by atoms with Crippen molar-refractivity contribution in [3.8, 4) is 6.07 Å². The second-order valence-corrected chi connectivity index (χ2v) is 3.75. The minimum Gasteiger partial charge on any atom is -0.301 e. The molecule has 1 saturated heterocycles. The molecule has 0 aromatic heterocycles. The first kappa shape index (κ1) is 10.5. The molecule has 1 atom stereocenters. The topological polar surface area (TPSA) is 30.3 Å². The number of hydrogen-bond donors (Lipinski definition) is 0. The van der Waals surface area contributed by atoms with Crippen LogP contribution in [0.15, 0.2) is 0 Å². The maximum absolute atomic E-state index is 8.48. The highest BCUT2D eigenvalue weighted by Gasteiger charge is 2.21. The van der Waals surface area contributed by atoms with Crippen LogP contribution in [0.5, 0.6) is 0 Å². The third-order valence-electron chi connectivity index (χ3n) is 2.87. The van der Waals surface area contributed by atoms with Gasteiger partial charge in [-0.1, -0.05) is 6.92 Å². The van der Waals surface area contributed by atoms with Crippen molar-refractivity contribution in [1.29, 1.82) is 5.26 Å². The Hall–Kier alpha value is -0.590. The smallest absolute Gasteiger partial charge is 0.0635 e. The summed E-state index contributed by atoms with van der Waals surface area (Å²) in [7, 11) is 2.19. The van der Waals surface area contributed by atoms with Gasteiger partial charge in [-0.15, -0.1) is 0 Å². The van der Waals surface area contributed by atoms with Crippen molar-refractivity contribution in [3.63, 3.8) is 0 Å². The molecule has 0 spiro atoms. The van der Waals surface area contributed by atoms with Gasteiger partial charge in [0.15, 0.2) is 0 Å². The van der Waals surface area contributed by atoms with E-state index < -0.39 is 0 Å². The van der Waals surface area contributed by atoms with Crippen LogP contribution in [0.4, 0.5) is 0 Å². The van der Waals surface area contributed by atoms with Crippen LogP contribution < -0.4 is 0 Å². The van der Waals surface area contributed by atoms with Crippen LogP contribution in [0, 0.1) is 11.3 Å². The van der Waals surface area contributed by atoms with Crippen molar-refractivity contribution >= 4 is 0 Å². The highest BCUT2D eigenvalue weighted by Crippen LogP contribution is 2.10. The number of likely N-dealkylation sites (N-methyl/N-ethyl adjacent to an activating group) is 1. The van der Waals surface area contributed by atoms with Crippen molar-refractivity contribution in [2.45, 2.75) is 25.8 Å². The molecule has 3 nitrogen and oxygen atoms in total. The Kier molecular flexibility index (Phi) is 4.20. The lowest BCUT2D eigenvalue weighted by molar-refractivity contribution is 0.0949. The molecule has 0 saturated carbocycles. The Morgan fingerprint density at radius 3 is 2.85 bits per heavy atom. The zero-order valence-corrected chi connectivity index (χ0v) is 8.66. The minimum atomic E-state index is 0.667. The summed E-state index contributed by atoms with van der Waals surface area (Å²) in [5.74, 6) is 0. The summed E-state index contributed by atoms with van der Waals surface area (Å²) in [6.07, 6.45) is 1.87. The number of rotatable bonds is 3. The fraction of sp³-hybridized carbons (Fsp3) is 0.900. The van der Waals surface area contributed by atoms with Gasteiger partial charge >= 0.3 is 0 Å². The SMILES string of the molecule is CCC1CN(CCC#N)CCN1C. The van der Waals surface area contributed by atoms with E-state index in [1.165, 1.54) is 6.42 Å². The Bertz CT molecular complexity index is 185. The Morgan fingerprint density at radius 1 is 1.46 bits per heavy atom. The van der Waals surface area contributed by atoms with Crippen molar-refractivity contribution < 1.29 is 0 Å². The van der Waals surface area contributed by atoms with E-state index in [9.17, 15) is 0 Å². The normalized spacial score (nSPS) is 25.8. The summed E-state index contributed by atoms with van der Waals surface area (Å²) in [6.45, 7) is 6.57. The van der Waals surface area contributed by atoms with Crippen molar-refractivity contribution in [2.24, 2.45) is 0 Å². The number of piperazine rings is 1. The van der Waals surface area contributed by atoms with E-state index in [1.807, 2.05) is 0 Å². The van der Waals surface area contributed by atoms with Crippen LogP contribution in [0.25, 0.3) is 0 Å². The van der Waals surface area contributed by atoms with E-state index in [0.29, 0.717) is 12.5 Å². The van der Waals surface area contributed by atoms with E-state index >= 15 is 0 Å². The van der Waals surface area contributed by atoms with Gasteiger partial charge in [-0.3, -0.25) is 4.90 Å². The summed E-state index contributed by atoms with van der Waals surface area (Å²) in [6, 6.07) is 2.89. The summed E-state index contributed by atoms with van der Waals surface area (Å²) in [5, 5.41) is 8.48. The van der Waals surface area contributed by atoms with Crippen molar-refractivity contribution in [2.75, 3.05) is 33.2 Å². The second-order valence-electron chi connectivity index (χ2n) is 3.75. The molecular weight excluding hydrogens is 162 g/mol. The molecule has 1 fully saturated rings. The van der Waals surface area contributed by atoms with E-state index in [4.69, 9.17) is 5.26 Å². The van der Waals surface area contributed by atoms with Gasteiger partial charge in [0.25, 0.3) is 0 Å². The number of hydrogen-bond acceptors (Lipinski definition) is 3. The van der Waals surface area contributed by atoms with Crippen LogP contribution >= 0.6 is 0 Å². The van der Waals surface area contributed by atoms with Crippen molar-refractivity contribution in [1.82, 2.24) is 9.80 Å². The van der Waals surface area contributed by atoms with Gasteiger partial charge < -0.3 is 4.90 Å².